The van der Waals surface area contributed by atoms with E-state index >= 15 is 0 Å². The van der Waals surface area contributed by atoms with Gasteiger partial charge in [-0.05, 0) is 13.3 Å². The Hall–Kier alpha value is -1.45. The Bertz CT molecular complexity index is 279. The third-order valence-corrected chi connectivity index (χ3v) is 1.61. The maximum absolute atomic E-state index is 11.3. The van der Waals surface area contributed by atoms with Crippen molar-refractivity contribution in [3.8, 4) is 0 Å². The normalized spacial score (nSPS) is 16.4. The molecular weight excluding hydrogens is 170 g/mol. The number of carbonyl (C=O) groups is 2. The zero-order valence-corrected chi connectivity index (χ0v) is 7.45. The fourth-order valence-electron chi connectivity index (χ4n) is 0.979. The third kappa shape index (κ3) is 2.50. The van der Waals surface area contributed by atoms with Crippen LogP contribution in [0.5, 0.6) is 0 Å². The summed E-state index contributed by atoms with van der Waals surface area (Å²) in [4.78, 5) is 26.3. The molecule has 1 rings (SSSR count). The second-order valence-electron chi connectivity index (χ2n) is 2.56. The van der Waals surface area contributed by atoms with Crippen molar-refractivity contribution in [1.29, 1.82) is 0 Å². The number of ether oxygens (including phenoxy) is 1. The van der Waals surface area contributed by atoms with Crippen LogP contribution in [-0.2, 0) is 14.3 Å². The molecule has 70 valence electrons. The molecule has 0 aromatic carbocycles. The first-order valence-corrected chi connectivity index (χ1v) is 4.18. The van der Waals surface area contributed by atoms with Crippen molar-refractivity contribution in [2.45, 2.75) is 19.8 Å². The summed E-state index contributed by atoms with van der Waals surface area (Å²) in [6.45, 7) is 1.97. The van der Waals surface area contributed by atoms with Crippen molar-refractivity contribution >= 4 is 18.0 Å². The third-order valence-electron chi connectivity index (χ3n) is 1.61. The molecule has 0 radical (unpaired) electrons. The van der Waals surface area contributed by atoms with Gasteiger partial charge in [-0.15, -0.1) is 0 Å². The SMILES string of the molecule is CCOC(=O)C1=CN=CCCC1=O. The van der Waals surface area contributed by atoms with Crippen molar-refractivity contribution < 1.29 is 14.3 Å². The van der Waals surface area contributed by atoms with E-state index in [-0.39, 0.29) is 18.0 Å². The summed E-state index contributed by atoms with van der Waals surface area (Å²) in [5.74, 6) is -0.775. The Balaban J connectivity index is 2.75. The van der Waals surface area contributed by atoms with Gasteiger partial charge in [0.25, 0.3) is 0 Å². The predicted molar refractivity (Wildman–Crippen MR) is 47.4 cm³/mol. The lowest BCUT2D eigenvalue weighted by molar-refractivity contribution is -0.140. The lowest BCUT2D eigenvalue weighted by atomic mass is 10.1. The van der Waals surface area contributed by atoms with Crippen molar-refractivity contribution in [1.82, 2.24) is 0 Å². The molecule has 0 saturated carbocycles. The summed E-state index contributed by atoms with van der Waals surface area (Å²) in [7, 11) is 0. The van der Waals surface area contributed by atoms with Gasteiger partial charge >= 0.3 is 5.97 Å². The van der Waals surface area contributed by atoms with Crippen LogP contribution in [0.15, 0.2) is 16.8 Å². The minimum absolute atomic E-state index is 0.0515. The molecule has 0 N–H and O–H groups in total. The molecule has 0 aromatic rings. The first kappa shape index (κ1) is 9.64. The molecule has 0 unspecified atom stereocenters. The summed E-state index contributed by atoms with van der Waals surface area (Å²) >= 11 is 0. The molecule has 0 amide bonds. The van der Waals surface area contributed by atoms with Crippen LogP contribution in [-0.4, -0.2) is 24.6 Å². The Morgan fingerprint density at radius 3 is 3.15 bits per heavy atom. The molecule has 1 aliphatic rings. The largest absolute Gasteiger partial charge is 0.462 e. The second-order valence-corrected chi connectivity index (χ2v) is 2.56. The van der Waals surface area contributed by atoms with Gasteiger partial charge in [0.05, 0.1) is 6.61 Å². The smallest absolute Gasteiger partial charge is 0.343 e. The Labute approximate surface area is 76.3 Å². The lowest BCUT2D eigenvalue weighted by Gasteiger charge is -2.02. The number of aliphatic imine (C=N–C) groups is 1. The molecule has 0 aromatic heterocycles. The van der Waals surface area contributed by atoms with Gasteiger partial charge in [-0.1, -0.05) is 0 Å². The van der Waals surface area contributed by atoms with Gasteiger partial charge in [0.1, 0.15) is 5.57 Å². The average molecular weight is 181 g/mol. The van der Waals surface area contributed by atoms with Crippen molar-refractivity contribution in [3.63, 3.8) is 0 Å². The van der Waals surface area contributed by atoms with Crippen molar-refractivity contribution in [2.75, 3.05) is 6.61 Å². The Kier molecular flexibility index (Phi) is 3.37. The molecule has 1 aliphatic heterocycles. The van der Waals surface area contributed by atoms with Crippen LogP contribution in [0.2, 0.25) is 0 Å². The van der Waals surface area contributed by atoms with Crippen LogP contribution < -0.4 is 0 Å². The number of hydrogen-bond acceptors (Lipinski definition) is 4. The average Bonchev–Trinajstić information content (AvgIpc) is 2.30. The molecule has 13 heavy (non-hydrogen) atoms. The highest BCUT2D eigenvalue weighted by molar-refractivity contribution is 6.17. The fraction of sp³-hybridized carbons (Fsp3) is 0.444. The van der Waals surface area contributed by atoms with Crippen molar-refractivity contribution in [2.24, 2.45) is 4.99 Å². The van der Waals surface area contributed by atoms with E-state index in [1.807, 2.05) is 0 Å². The zero-order chi connectivity index (χ0) is 9.68. The molecule has 0 atom stereocenters. The number of Topliss-reactive ketones (excluding diaryl/α,β-unsaturated/α-hetero) is 1. The van der Waals surface area contributed by atoms with Crippen LogP contribution >= 0.6 is 0 Å². The first-order chi connectivity index (χ1) is 6.25. The standard InChI is InChI=1S/C9H11NO3/c1-2-13-9(12)7-6-10-5-3-4-8(7)11/h5-6H,2-4H2,1H3. The molecule has 0 aliphatic carbocycles. The van der Waals surface area contributed by atoms with E-state index in [2.05, 4.69) is 4.99 Å². The number of carbonyl (C=O) groups excluding carboxylic acids is 2. The van der Waals surface area contributed by atoms with Gasteiger partial charge in [-0.25, -0.2) is 4.79 Å². The van der Waals surface area contributed by atoms with Gasteiger partial charge in [-0.3, -0.25) is 9.79 Å². The zero-order valence-electron chi connectivity index (χ0n) is 7.45. The Morgan fingerprint density at radius 1 is 1.69 bits per heavy atom. The van der Waals surface area contributed by atoms with Gasteiger partial charge in [0, 0.05) is 18.8 Å². The molecule has 0 bridgehead atoms. The maximum atomic E-state index is 11.3. The summed E-state index contributed by atoms with van der Waals surface area (Å²) in [5.41, 5.74) is 0.0515. The summed E-state index contributed by atoms with van der Waals surface area (Å²) in [6, 6.07) is 0. The van der Waals surface area contributed by atoms with E-state index in [0.29, 0.717) is 12.8 Å². The quantitative estimate of drug-likeness (QED) is 0.469. The summed E-state index contributed by atoms with van der Waals surface area (Å²) < 4.78 is 4.71. The molecule has 1 heterocycles. The maximum Gasteiger partial charge on any atom is 0.343 e. The topological polar surface area (TPSA) is 55.7 Å². The molecular formula is C9H11NO3. The number of hydrogen-bond donors (Lipinski definition) is 0. The lowest BCUT2D eigenvalue weighted by Crippen LogP contribution is -2.15. The number of nitrogens with zero attached hydrogens (tertiary/aromatic N) is 1. The fourth-order valence-corrected chi connectivity index (χ4v) is 0.979. The molecule has 4 nitrogen and oxygen atoms in total. The van der Waals surface area contributed by atoms with E-state index in [0.717, 1.165) is 0 Å². The minimum atomic E-state index is -0.577. The molecule has 0 spiro atoms. The van der Waals surface area contributed by atoms with E-state index in [9.17, 15) is 9.59 Å². The van der Waals surface area contributed by atoms with E-state index in [1.165, 1.54) is 6.20 Å². The van der Waals surface area contributed by atoms with Gasteiger partial charge in [-0.2, -0.15) is 0 Å². The van der Waals surface area contributed by atoms with Gasteiger partial charge in [0.15, 0.2) is 5.78 Å². The number of esters is 1. The van der Waals surface area contributed by atoms with Crippen LogP contribution in [0.3, 0.4) is 0 Å². The molecule has 0 fully saturated rings. The summed E-state index contributed by atoms with van der Waals surface area (Å²) in [5, 5.41) is 0. The van der Waals surface area contributed by atoms with Crippen molar-refractivity contribution in [3.05, 3.63) is 11.8 Å². The summed E-state index contributed by atoms with van der Waals surface area (Å²) in [6.07, 6.45) is 3.80. The number of ketones is 1. The van der Waals surface area contributed by atoms with Gasteiger partial charge in [0.2, 0.25) is 0 Å². The van der Waals surface area contributed by atoms with Crippen LogP contribution in [0.4, 0.5) is 0 Å². The van der Waals surface area contributed by atoms with E-state index in [1.54, 1.807) is 13.1 Å². The Morgan fingerprint density at radius 2 is 2.46 bits per heavy atom. The highest BCUT2D eigenvalue weighted by atomic mass is 16.5. The van der Waals surface area contributed by atoms with E-state index < -0.39 is 5.97 Å². The van der Waals surface area contributed by atoms with Crippen LogP contribution in [0.1, 0.15) is 19.8 Å². The molecule has 0 saturated heterocycles. The van der Waals surface area contributed by atoms with Crippen LogP contribution in [0, 0.1) is 0 Å². The number of rotatable bonds is 2. The highest BCUT2D eigenvalue weighted by Crippen LogP contribution is 2.08. The monoisotopic (exact) mass is 181 g/mol. The highest BCUT2D eigenvalue weighted by Gasteiger charge is 2.19. The van der Waals surface area contributed by atoms with Crippen LogP contribution in [0.25, 0.3) is 0 Å². The van der Waals surface area contributed by atoms with Gasteiger partial charge < -0.3 is 4.74 Å². The second kappa shape index (κ2) is 4.54. The molecule has 4 heteroatoms. The van der Waals surface area contributed by atoms with E-state index in [4.69, 9.17) is 4.74 Å². The minimum Gasteiger partial charge on any atom is -0.462 e. The predicted octanol–water partition coefficient (Wildman–Crippen LogP) is 0.867. The first-order valence-electron chi connectivity index (χ1n) is 4.18.